The summed E-state index contributed by atoms with van der Waals surface area (Å²) in [4.78, 5) is 2.80. The third-order valence-electron chi connectivity index (χ3n) is 3.90. The topological polar surface area (TPSA) is 48.4 Å². The maximum absolute atomic E-state index is 9.25. The molecule has 0 bridgehead atoms. The molecule has 0 fully saturated rings. The summed E-state index contributed by atoms with van der Waals surface area (Å²) in [5.41, 5.74) is 0. The molecule has 0 aromatic rings. The van der Waals surface area contributed by atoms with Crippen LogP contribution in [-0.2, 0) is 0 Å². The zero-order chi connectivity index (χ0) is 16.3. The van der Waals surface area contributed by atoms with E-state index in [9.17, 15) is 5.11 Å². The van der Waals surface area contributed by atoms with Gasteiger partial charge in [0, 0.05) is 6.42 Å². The first-order chi connectivity index (χ1) is 10.8. The van der Waals surface area contributed by atoms with Gasteiger partial charge in [-0.25, -0.2) is 0 Å². The lowest BCUT2D eigenvalue weighted by Gasteiger charge is -1.99. The molecule has 1 N–H and O–H groups in total. The fourth-order valence-corrected chi connectivity index (χ4v) is 2.51. The molecule has 0 heterocycles. The van der Waals surface area contributed by atoms with Crippen molar-refractivity contribution in [3.05, 3.63) is 29.1 Å². The zero-order valence-electron chi connectivity index (χ0n) is 14.5. The highest BCUT2D eigenvalue weighted by atomic mass is 16.3. The lowest BCUT2D eigenvalue weighted by atomic mass is 10.1. The van der Waals surface area contributed by atoms with Crippen molar-refractivity contribution in [1.82, 2.24) is 0 Å². The SMILES string of the molecule is CCCCCCCC/C=C\CCCCCCC/C(O)=C/[N+]#N. The van der Waals surface area contributed by atoms with Crippen molar-refractivity contribution in [2.75, 3.05) is 0 Å². The predicted octanol–water partition coefficient (Wildman–Crippen LogP) is 7.28. The van der Waals surface area contributed by atoms with Crippen molar-refractivity contribution >= 4 is 0 Å². The van der Waals surface area contributed by atoms with Crippen molar-refractivity contribution in [2.45, 2.75) is 96.8 Å². The molecule has 0 aliphatic heterocycles. The van der Waals surface area contributed by atoms with Crippen molar-refractivity contribution in [3.8, 4) is 0 Å². The molecule has 22 heavy (non-hydrogen) atoms. The third kappa shape index (κ3) is 16.8. The highest BCUT2D eigenvalue weighted by Gasteiger charge is 1.99. The Morgan fingerprint density at radius 1 is 0.818 bits per heavy atom. The van der Waals surface area contributed by atoms with Gasteiger partial charge in [0.1, 0.15) is 0 Å². The van der Waals surface area contributed by atoms with Gasteiger partial charge in [-0.1, -0.05) is 70.4 Å². The van der Waals surface area contributed by atoms with E-state index in [1.807, 2.05) is 0 Å². The Labute approximate surface area is 137 Å². The fraction of sp³-hybridized carbons (Fsp3) is 0.789. The highest BCUT2D eigenvalue weighted by Crippen LogP contribution is 2.11. The normalized spacial score (nSPS) is 11.9. The number of nitrogens with zero attached hydrogens (tertiary/aromatic N) is 2. The molecule has 0 saturated carbocycles. The van der Waals surface area contributed by atoms with Gasteiger partial charge >= 0.3 is 6.20 Å². The van der Waals surface area contributed by atoms with E-state index < -0.39 is 0 Å². The van der Waals surface area contributed by atoms with Crippen LogP contribution in [0.25, 0.3) is 4.98 Å². The number of rotatable bonds is 15. The van der Waals surface area contributed by atoms with Crippen LogP contribution in [0.2, 0.25) is 0 Å². The molecule has 0 aromatic heterocycles. The van der Waals surface area contributed by atoms with E-state index in [2.05, 4.69) is 24.1 Å². The molecule has 0 aromatic carbocycles. The van der Waals surface area contributed by atoms with E-state index in [4.69, 9.17) is 5.39 Å². The van der Waals surface area contributed by atoms with E-state index in [-0.39, 0.29) is 5.76 Å². The van der Waals surface area contributed by atoms with Crippen molar-refractivity contribution in [1.29, 1.82) is 5.39 Å². The van der Waals surface area contributed by atoms with Crippen LogP contribution in [0.4, 0.5) is 0 Å². The molecule has 0 amide bonds. The Hall–Kier alpha value is -1.30. The highest BCUT2D eigenvalue weighted by molar-refractivity contribution is 4.95. The Bertz CT molecular complexity index is 329. The third-order valence-corrected chi connectivity index (χ3v) is 3.90. The van der Waals surface area contributed by atoms with E-state index in [1.165, 1.54) is 70.6 Å². The van der Waals surface area contributed by atoms with Gasteiger partial charge in [-0.2, -0.15) is 0 Å². The molecule has 3 nitrogen and oxygen atoms in total. The zero-order valence-corrected chi connectivity index (χ0v) is 14.5. The number of allylic oxidation sites excluding steroid dienone is 3. The summed E-state index contributed by atoms with van der Waals surface area (Å²) in [5, 5.41) is 17.5. The second kappa shape index (κ2) is 17.8. The minimum atomic E-state index is 0.167. The van der Waals surface area contributed by atoms with Crippen LogP contribution < -0.4 is 0 Å². The number of hydrogen-bond donors (Lipinski definition) is 1. The lowest BCUT2D eigenvalue weighted by molar-refractivity contribution is 0.380. The van der Waals surface area contributed by atoms with Crippen molar-refractivity contribution < 1.29 is 5.11 Å². The Morgan fingerprint density at radius 3 is 1.86 bits per heavy atom. The van der Waals surface area contributed by atoms with Crippen LogP contribution in [0.3, 0.4) is 0 Å². The Kier molecular flexibility index (Phi) is 16.7. The quantitative estimate of drug-likeness (QED) is 0.149. The van der Waals surface area contributed by atoms with Crippen molar-refractivity contribution in [3.63, 3.8) is 0 Å². The van der Waals surface area contributed by atoms with Crippen LogP contribution in [-0.4, -0.2) is 5.11 Å². The summed E-state index contributed by atoms with van der Waals surface area (Å²) in [5.74, 6) is 0.167. The van der Waals surface area contributed by atoms with Gasteiger partial charge in [-0.3, -0.25) is 0 Å². The van der Waals surface area contributed by atoms with Gasteiger partial charge in [0.2, 0.25) is 5.39 Å². The molecule has 0 unspecified atom stereocenters. The van der Waals surface area contributed by atoms with Gasteiger partial charge in [0.25, 0.3) is 0 Å². The average Bonchev–Trinajstić information content (AvgIpc) is 2.51. The van der Waals surface area contributed by atoms with E-state index >= 15 is 0 Å². The molecule has 0 saturated heterocycles. The largest absolute Gasteiger partial charge is 0.505 e. The lowest BCUT2D eigenvalue weighted by Crippen LogP contribution is -1.83. The van der Waals surface area contributed by atoms with Gasteiger partial charge < -0.3 is 5.11 Å². The average molecular weight is 308 g/mol. The molecular formula is C19H35N2O+. The summed E-state index contributed by atoms with van der Waals surface area (Å²) >= 11 is 0. The first kappa shape index (κ1) is 20.7. The van der Waals surface area contributed by atoms with E-state index in [1.54, 1.807) is 0 Å². The number of diazo groups is 1. The number of hydrogen-bond acceptors (Lipinski definition) is 2. The van der Waals surface area contributed by atoms with E-state index in [0.717, 1.165) is 19.0 Å². The number of unbranched alkanes of at least 4 members (excludes halogenated alkanes) is 11. The molecule has 0 radical (unpaired) electrons. The van der Waals surface area contributed by atoms with Crippen LogP contribution in [0, 0.1) is 5.39 Å². The molecular weight excluding hydrogens is 272 g/mol. The molecule has 0 aliphatic carbocycles. The smallest absolute Gasteiger partial charge is 0.387 e. The number of aliphatic hydroxyl groups excluding tert-OH is 1. The minimum Gasteiger partial charge on any atom is -0.505 e. The minimum absolute atomic E-state index is 0.167. The van der Waals surface area contributed by atoms with Crippen LogP contribution in [0.5, 0.6) is 0 Å². The summed E-state index contributed by atoms with van der Waals surface area (Å²) in [7, 11) is 0. The summed E-state index contributed by atoms with van der Waals surface area (Å²) in [6, 6.07) is 0. The molecule has 0 aliphatic rings. The molecule has 3 heteroatoms. The van der Waals surface area contributed by atoms with Gasteiger partial charge in [-0.15, -0.1) is 0 Å². The maximum Gasteiger partial charge on any atom is 0.387 e. The predicted molar refractivity (Wildman–Crippen MR) is 95.2 cm³/mol. The second-order valence-corrected chi connectivity index (χ2v) is 6.07. The molecule has 0 spiro atoms. The fourth-order valence-electron chi connectivity index (χ4n) is 2.51. The first-order valence-electron chi connectivity index (χ1n) is 9.18. The summed E-state index contributed by atoms with van der Waals surface area (Å²) in [6.45, 7) is 2.26. The van der Waals surface area contributed by atoms with Crippen LogP contribution in [0.1, 0.15) is 96.8 Å². The molecule has 126 valence electrons. The Balaban J connectivity index is 3.18. The summed E-state index contributed by atoms with van der Waals surface area (Å²) in [6.07, 6.45) is 22.9. The van der Waals surface area contributed by atoms with Crippen LogP contribution >= 0.6 is 0 Å². The van der Waals surface area contributed by atoms with E-state index in [0.29, 0.717) is 6.42 Å². The first-order valence-corrected chi connectivity index (χ1v) is 9.18. The second-order valence-electron chi connectivity index (χ2n) is 6.07. The number of aliphatic hydroxyl groups is 1. The van der Waals surface area contributed by atoms with Gasteiger partial charge in [-0.05, 0) is 32.1 Å². The van der Waals surface area contributed by atoms with Gasteiger partial charge in [0.15, 0.2) is 10.7 Å². The maximum atomic E-state index is 9.25. The van der Waals surface area contributed by atoms with Gasteiger partial charge in [0.05, 0.1) is 0 Å². The van der Waals surface area contributed by atoms with Crippen molar-refractivity contribution in [2.24, 2.45) is 0 Å². The Morgan fingerprint density at radius 2 is 1.32 bits per heavy atom. The molecule has 0 rings (SSSR count). The van der Waals surface area contributed by atoms with Crippen LogP contribution in [0.15, 0.2) is 24.1 Å². The summed E-state index contributed by atoms with van der Waals surface area (Å²) < 4.78 is 0. The standard InChI is InChI=1S/C19H34N2O/c1-2-3-4-5-6-7-8-9-10-11-12-13-14-15-16-17-19(22)18-21-20/h9-10,18H,2-8,11-17H2,1H3/p+1/b10-9-,19-18-. The monoisotopic (exact) mass is 307 g/mol. The molecule has 0 atom stereocenters.